The van der Waals surface area contributed by atoms with Gasteiger partial charge in [-0.25, -0.2) is 14.6 Å². The fourth-order valence-corrected chi connectivity index (χ4v) is 3.89. The van der Waals surface area contributed by atoms with Crippen molar-refractivity contribution >= 4 is 34.0 Å². The highest BCUT2D eigenvalue weighted by Crippen LogP contribution is 2.34. The van der Waals surface area contributed by atoms with Crippen molar-refractivity contribution in [1.29, 1.82) is 0 Å². The maximum atomic E-state index is 6.17. The SMILES string of the molecule is Nc1nc2cc(-c3nn(CC4CCCC4)c4ncnc(N)c34)ccc2o1. The molecule has 132 valence electrons. The van der Waals surface area contributed by atoms with Crippen molar-refractivity contribution in [2.24, 2.45) is 5.92 Å². The Balaban J connectivity index is 1.67. The molecule has 0 amide bonds. The molecular formula is C18H19N7O. The normalized spacial score (nSPS) is 15.4. The molecule has 1 aromatic carbocycles. The summed E-state index contributed by atoms with van der Waals surface area (Å²) in [7, 11) is 0. The van der Waals surface area contributed by atoms with Gasteiger partial charge >= 0.3 is 0 Å². The molecule has 8 nitrogen and oxygen atoms in total. The summed E-state index contributed by atoms with van der Waals surface area (Å²) in [6.45, 7) is 0.853. The van der Waals surface area contributed by atoms with Gasteiger partial charge in [-0.2, -0.15) is 10.1 Å². The van der Waals surface area contributed by atoms with Crippen LogP contribution in [0.15, 0.2) is 28.9 Å². The number of hydrogen-bond acceptors (Lipinski definition) is 7. The first kappa shape index (κ1) is 15.1. The van der Waals surface area contributed by atoms with Gasteiger partial charge in [0, 0.05) is 12.1 Å². The van der Waals surface area contributed by atoms with E-state index < -0.39 is 0 Å². The van der Waals surface area contributed by atoms with E-state index >= 15 is 0 Å². The van der Waals surface area contributed by atoms with Crippen LogP contribution in [0.25, 0.3) is 33.4 Å². The van der Waals surface area contributed by atoms with Gasteiger partial charge in [0.25, 0.3) is 6.01 Å². The lowest BCUT2D eigenvalue weighted by Gasteiger charge is -2.09. The third kappa shape index (κ3) is 2.37. The monoisotopic (exact) mass is 349 g/mol. The van der Waals surface area contributed by atoms with E-state index in [0.29, 0.717) is 22.8 Å². The molecule has 0 spiro atoms. The van der Waals surface area contributed by atoms with E-state index in [4.69, 9.17) is 21.0 Å². The van der Waals surface area contributed by atoms with Crippen LogP contribution in [0.2, 0.25) is 0 Å². The van der Waals surface area contributed by atoms with Crippen molar-refractivity contribution in [2.45, 2.75) is 32.2 Å². The second kappa shape index (κ2) is 5.69. The topological polar surface area (TPSA) is 122 Å². The number of fused-ring (bicyclic) bond motifs is 2. The number of nitrogens with two attached hydrogens (primary N) is 2. The molecule has 0 aliphatic heterocycles. The van der Waals surface area contributed by atoms with E-state index in [1.807, 2.05) is 22.9 Å². The van der Waals surface area contributed by atoms with Crippen molar-refractivity contribution in [2.75, 3.05) is 11.5 Å². The molecule has 0 radical (unpaired) electrons. The van der Waals surface area contributed by atoms with Gasteiger partial charge in [0.15, 0.2) is 11.2 Å². The summed E-state index contributed by atoms with van der Waals surface area (Å²) in [6, 6.07) is 5.83. The fourth-order valence-electron chi connectivity index (χ4n) is 3.89. The zero-order valence-electron chi connectivity index (χ0n) is 14.2. The van der Waals surface area contributed by atoms with Gasteiger partial charge < -0.3 is 15.9 Å². The van der Waals surface area contributed by atoms with Crippen molar-refractivity contribution in [3.63, 3.8) is 0 Å². The van der Waals surface area contributed by atoms with E-state index in [1.165, 1.54) is 32.0 Å². The highest BCUT2D eigenvalue weighted by Gasteiger charge is 2.22. The van der Waals surface area contributed by atoms with Crippen LogP contribution >= 0.6 is 0 Å². The van der Waals surface area contributed by atoms with Gasteiger partial charge in [-0.05, 0) is 37.0 Å². The third-order valence-electron chi connectivity index (χ3n) is 5.14. The highest BCUT2D eigenvalue weighted by atomic mass is 16.4. The van der Waals surface area contributed by atoms with E-state index in [9.17, 15) is 0 Å². The van der Waals surface area contributed by atoms with Crippen LogP contribution in [-0.2, 0) is 6.54 Å². The van der Waals surface area contributed by atoms with Crippen molar-refractivity contribution < 1.29 is 4.42 Å². The minimum absolute atomic E-state index is 0.150. The molecule has 1 saturated carbocycles. The van der Waals surface area contributed by atoms with Crippen LogP contribution < -0.4 is 11.5 Å². The Labute approximate surface area is 149 Å². The number of nitrogen functional groups attached to an aromatic ring is 2. The number of benzene rings is 1. The smallest absolute Gasteiger partial charge is 0.292 e. The predicted molar refractivity (Wildman–Crippen MR) is 99.1 cm³/mol. The Morgan fingerprint density at radius 3 is 2.85 bits per heavy atom. The molecule has 0 bridgehead atoms. The summed E-state index contributed by atoms with van der Waals surface area (Å²) in [6.07, 6.45) is 6.55. The summed E-state index contributed by atoms with van der Waals surface area (Å²) < 4.78 is 7.33. The van der Waals surface area contributed by atoms with Crippen molar-refractivity contribution in [3.8, 4) is 11.3 Å². The van der Waals surface area contributed by atoms with E-state index in [-0.39, 0.29) is 6.01 Å². The van der Waals surface area contributed by atoms with Gasteiger partial charge in [-0.3, -0.25) is 0 Å². The van der Waals surface area contributed by atoms with Gasteiger partial charge in [0.1, 0.15) is 23.4 Å². The predicted octanol–water partition coefficient (Wildman–Crippen LogP) is 2.99. The van der Waals surface area contributed by atoms with Crippen LogP contribution in [0, 0.1) is 5.92 Å². The molecule has 0 saturated heterocycles. The van der Waals surface area contributed by atoms with Crippen LogP contribution in [0.1, 0.15) is 25.7 Å². The molecule has 1 fully saturated rings. The number of oxazole rings is 1. The lowest BCUT2D eigenvalue weighted by molar-refractivity contribution is 0.437. The molecule has 3 aromatic heterocycles. The van der Waals surface area contributed by atoms with Crippen molar-refractivity contribution in [1.82, 2.24) is 24.7 Å². The quantitative estimate of drug-likeness (QED) is 0.583. The van der Waals surface area contributed by atoms with Crippen LogP contribution in [0.4, 0.5) is 11.8 Å². The Hall–Kier alpha value is -3.16. The maximum Gasteiger partial charge on any atom is 0.292 e. The average Bonchev–Trinajstić information content (AvgIpc) is 3.33. The fraction of sp³-hybridized carbons (Fsp3) is 0.333. The lowest BCUT2D eigenvalue weighted by atomic mass is 10.1. The van der Waals surface area contributed by atoms with E-state index in [2.05, 4.69) is 15.0 Å². The van der Waals surface area contributed by atoms with Gasteiger partial charge in [-0.1, -0.05) is 12.8 Å². The molecule has 26 heavy (non-hydrogen) atoms. The van der Waals surface area contributed by atoms with Crippen LogP contribution in [0.5, 0.6) is 0 Å². The maximum absolute atomic E-state index is 6.17. The highest BCUT2D eigenvalue weighted by molar-refractivity contribution is 5.99. The molecule has 0 atom stereocenters. The van der Waals surface area contributed by atoms with E-state index in [1.54, 1.807) is 0 Å². The molecular weight excluding hydrogens is 330 g/mol. The molecule has 8 heteroatoms. The standard InChI is InChI=1S/C18H19N7O/c19-16-14-15(11-5-6-13-12(7-11)23-18(20)26-13)24-25(17(14)22-9-21-16)8-10-3-1-2-4-10/h5-7,9-10H,1-4,8H2,(H2,20,23)(H2,19,21,22). The Morgan fingerprint density at radius 2 is 2.00 bits per heavy atom. The molecule has 5 rings (SSSR count). The Kier molecular flexibility index (Phi) is 3.31. The van der Waals surface area contributed by atoms with Crippen LogP contribution in [0.3, 0.4) is 0 Å². The number of rotatable bonds is 3. The Morgan fingerprint density at radius 1 is 1.15 bits per heavy atom. The Bertz CT molecular complexity index is 1110. The number of nitrogens with zero attached hydrogens (tertiary/aromatic N) is 5. The number of anilines is 2. The van der Waals surface area contributed by atoms with Gasteiger partial charge in [0.05, 0.1) is 5.39 Å². The number of aromatic nitrogens is 5. The summed E-state index contributed by atoms with van der Waals surface area (Å²) in [4.78, 5) is 12.8. The van der Waals surface area contributed by atoms with E-state index in [0.717, 1.165) is 28.8 Å². The molecule has 4 N–H and O–H groups in total. The third-order valence-corrected chi connectivity index (χ3v) is 5.14. The zero-order chi connectivity index (χ0) is 17.7. The lowest BCUT2D eigenvalue weighted by Crippen LogP contribution is -2.09. The van der Waals surface area contributed by atoms with Gasteiger partial charge in [0.2, 0.25) is 0 Å². The number of hydrogen-bond donors (Lipinski definition) is 2. The minimum atomic E-state index is 0.150. The second-order valence-electron chi connectivity index (χ2n) is 6.87. The van der Waals surface area contributed by atoms with Gasteiger partial charge in [-0.15, -0.1) is 0 Å². The summed E-state index contributed by atoms with van der Waals surface area (Å²) in [5, 5.41) is 5.62. The first-order valence-electron chi connectivity index (χ1n) is 8.82. The summed E-state index contributed by atoms with van der Waals surface area (Å²) in [5.41, 5.74) is 15.6. The van der Waals surface area contributed by atoms with Crippen molar-refractivity contribution in [3.05, 3.63) is 24.5 Å². The molecule has 4 aromatic rings. The molecule has 0 unspecified atom stereocenters. The second-order valence-corrected chi connectivity index (χ2v) is 6.87. The minimum Gasteiger partial charge on any atom is -0.424 e. The zero-order valence-corrected chi connectivity index (χ0v) is 14.2. The molecule has 1 aliphatic rings. The molecule has 3 heterocycles. The first-order chi connectivity index (χ1) is 12.7. The van der Waals surface area contributed by atoms with Crippen LogP contribution in [-0.4, -0.2) is 24.7 Å². The average molecular weight is 349 g/mol. The summed E-state index contributed by atoms with van der Waals surface area (Å²) >= 11 is 0. The first-order valence-corrected chi connectivity index (χ1v) is 8.82. The largest absolute Gasteiger partial charge is 0.424 e. The molecule has 1 aliphatic carbocycles. The summed E-state index contributed by atoms with van der Waals surface area (Å²) in [5.74, 6) is 1.07.